The van der Waals surface area contributed by atoms with E-state index in [4.69, 9.17) is 9.47 Å². The summed E-state index contributed by atoms with van der Waals surface area (Å²) < 4.78 is 13.0. The number of esters is 1. The lowest BCUT2D eigenvalue weighted by atomic mass is 9.88. The molecule has 152 valence electrons. The molecule has 2 fully saturated rings. The minimum atomic E-state index is -0.164. The number of carbonyl (C=O) groups is 1. The molecule has 1 unspecified atom stereocenters. The highest BCUT2D eigenvalue weighted by molar-refractivity contribution is 5.90. The van der Waals surface area contributed by atoms with E-state index in [1.807, 2.05) is 0 Å². The van der Waals surface area contributed by atoms with Gasteiger partial charge in [0.15, 0.2) is 0 Å². The lowest BCUT2D eigenvalue weighted by Gasteiger charge is -2.26. The molecular weight excluding hydrogens is 352 g/mol. The van der Waals surface area contributed by atoms with Crippen LogP contribution in [-0.4, -0.2) is 55.4 Å². The zero-order valence-corrected chi connectivity index (χ0v) is 16.9. The average Bonchev–Trinajstić information content (AvgIpc) is 3.39. The molecule has 1 aliphatic heterocycles. The molecule has 1 aliphatic carbocycles. The molecule has 4 rings (SSSR count). The molecule has 28 heavy (non-hydrogen) atoms. The van der Waals surface area contributed by atoms with Crippen LogP contribution < -0.4 is 0 Å². The van der Waals surface area contributed by atoms with Crippen molar-refractivity contribution in [3.8, 4) is 0 Å². The van der Waals surface area contributed by atoms with E-state index in [9.17, 15) is 4.79 Å². The summed E-state index contributed by atoms with van der Waals surface area (Å²) in [6.45, 7) is 5.58. The fourth-order valence-corrected chi connectivity index (χ4v) is 4.88. The second-order valence-electron chi connectivity index (χ2n) is 8.21. The van der Waals surface area contributed by atoms with Crippen LogP contribution in [0.1, 0.15) is 43.6 Å². The van der Waals surface area contributed by atoms with Gasteiger partial charge < -0.3 is 14.0 Å². The summed E-state index contributed by atoms with van der Waals surface area (Å²) >= 11 is 0. The second kappa shape index (κ2) is 9.10. The number of para-hydroxylation sites is 1. The summed E-state index contributed by atoms with van der Waals surface area (Å²) in [4.78, 5) is 15.2. The molecule has 1 atom stereocenters. The first kappa shape index (κ1) is 19.5. The molecule has 0 bridgehead atoms. The van der Waals surface area contributed by atoms with Crippen molar-refractivity contribution in [1.29, 1.82) is 0 Å². The van der Waals surface area contributed by atoms with Gasteiger partial charge in [-0.25, -0.2) is 0 Å². The molecular formula is C23H32N2O3. The van der Waals surface area contributed by atoms with Crippen molar-refractivity contribution in [3.63, 3.8) is 0 Å². The van der Waals surface area contributed by atoms with Gasteiger partial charge in [-0.1, -0.05) is 43.9 Å². The van der Waals surface area contributed by atoms with Crippen molar-refractivity contribution in [1.82, 2.24) is 9.47 Å². The van der Waals surface area contributed by atoms with Crippen LogP contribution in [0.4, 0.5) is 0 Å². The smallest absolute Gasteiger partial charge is 0.313 e. The molecule has 0 radical (unpaired) electrons. The number of morpholine rings is 1. The maximum Gasteiger partial charge on any atom is 0.313 e. The van der Waals surface area contributed by atoms with Crippen molar-refractivity contribution >= 4 is 16.9 Å². The van der Waals surface area contributed by atoms with Crippen LogP contribution in [0.15, 0.2) is 30.5 Å². The molecule has 1 aromatic carbocycles. The molecule has 2 heterocycles. The summed E-state index contributed by atoms with van der Waals surface area (Å²) in [7, 11) is 1.52. The SMILES string of the molecule is COC(=O)C(CC1CCCC1)c1cn(CCN2CCOCC2)c2ccccc12. The van der Waals surface area contributed by atoms with Crippen molar-refractivity contribution < 1.29 is 14.3 Å². The maximum absolute atomic E-state index is 12.7. The van der Waals surface area contributed by atoms with Gasteiger partial charge in [0.1, 0.15) is 0 Å². The second-order valence-corrected chi connectivity index (χ2v) is 8.21. The normalized spacial score (nSPS) is 19.9. The summed E-state index contributed by atoms with van der Waals surface area (Å²) in [5.74, 6) is 0.380. The number of ether oxygens (including phenoxy) is 2. The van der Waals surface area contributed by atoms with Gasteiger partial charge in [0.25, 0.3) is 0 Å². The molecule has 0 amide bonds. The molecule has 0 spiro atoms. The number of hydrogen-bond donors (Lipinski definition) is 0. The van der Waals surface area contributed by atoms with E-state index >= 15 is 0 Å². The Kier molecular flexibility index (Phi) is 6.33. The lowest BCUT2D eigenvalue weighted by molar-refractivity contribution is -0.142. The summed E-state index contributed by atoms with van der Waals surface area (Å²) in [6.07, 6.45) is 8.18. The van der Waals surface area contributed by atoms with Crippen LogP contribution in [0.3, 0.4) is 0 Å². The Hall–Kier alpha value is -1.85. The van der Waals surface area contributed by atoms with E-state index in [2.05, 4.69) is 39.9 Å². The molecule has 1 saturated carbocycles. The first-order valence-electron chi connectivity index (χ1n) is 10.7. The van der Waals surface area contributed by atoms with Gasteiger partial charge in [0, 0.05) is 43.3 Å². The van der Waals surface area contributed by atoms with Crippen LogP contribution in [0.5, 0.6) is 0 Å². The molecule has 1 aromatic heterocycles. The highest BCUT2D eigenvalue weighted by atomic mass is 16.5. The Morgan fingerprint density at radius 1 is 1.18 bits per heavy atom. The molecule has 5 nitrogen and oxygen atoms in total. The van der Waals surface area contributed by atoms with Crippen LogP contribution in [0, 0.1) is 5.92 Å². The number of methoxy groups -OCH3 is 1. The highest BCUT2D eigenvalue weighted by Crippen LogP contribution is 2.37. The number of benzene rings is 1. The van der Waals surface area contributed by atoms with Gasteiger partial charge in [-0.2, -0.15) is 0 Å². The Labute approximate surface area is 167 Å². The summed E-state index contributed by atoms with van der Waals surface area (Å²) in [5.41, 5.74) is 2.35. The zero-order valence-electron chi connectivity index (χ0n) is 16.9. The minimum absolute atomic E-state index is 0.0945. The molecule has 1 saturated heterocycles. The van der Waals surface area contributed by atoms with E-state index in [1.165, 1.54) is 43.7 Å². The third-order valence-electron chi connectivity index (χ3n) is 6.49. The number of aromatic nitrogens is 1. The Balaban J connectivity index is 1.60. The predicted octanol–water partition coefficient (Wildman–Crippen LogP) is 3.81. The van der Waals surface area contributed by atoms with Gasteiger partial charge in [-0.3, -0.25) is 9.69 Å². The number of carbonyl (C=O) groups excluding carboxylic acids is 1. The van der Waals surface area contributed by atoms with Gasteiger partial charge in [-0.05, 0) is 24.0 Å². The zero-order chi connectivity index (χ0) is 19.3. The van der Waals surface area contributed by atoms with Crippen molar-refractivity contribution in [2.45, 2.75) is 44.6 Å². The first-order valence-corrected chi connectivity index (χ1v) is 10.7. The Bertz CT molecular complexity index is 788. The van der Waals surface area contributed by atoms with Gasteiger partial charge in [0.2, 0.25) is 0 Å². The quantitative estimate of drug-likeness (QED) is 0.681. The van der Waals surface area contributed by atoms with Gasteiger partial charge in [0.05, 0.1) is 26.2 Å². The highest BCUT2D eigenvalue weighted by Gasteiger charge is 2.30. The molecule has 0 N–H and O–H groups in total. The van der Waals surface area contributed by atoms with E-state index < -0.39 is 0 Å². The van der Waals surface area contributed by atoms with Crippen LogP contribution in [0.25, 0.3) is 10.9 Å². The topological polar surface area (TPSA) is 43.7 Å². The first-order chi connectivity index (χ1) is 13.8. The van der Waals surface area contributed by atoms with E-state index in [1.54, 1.807) is 0 Å². The number of nitrogens with zero attached hydrogens (tertiary/aromatic N) is 2. The van der Waals surface area contributed by atoms with Crippen LogP contribution >= 0.6 is 0 Å². The fraction of sp³-hybridized carbons (Fsp3) is 0.609. The Morgan fingerprint density at radius 2 is 1.93 bits per heavy atom. The van der Waals surface area contributed by atoms with Crippen molar-refractivity contribution in [3.05, 3.63) is 36.0 Å². The number of rotatable bonds is 7. The summed E-state index contributed by atoms with van der Waals surface area (Å²) in [6, 6.07) is 8.48. The monoisotopic (exact) mass is 384 g/mol. The largest absolute Gasteiger partial charge is 0.469 e. The van der Waals surface area contributed by atoms with E-state index in [-0.39, 0.29) is 11.9 Å². The van der Waals surface area contributed by atoms with Crippen molar-refractivity contribution in [2.24, 2.45) is 5.92 Å². The molecule has 2 aliphatic rings. The standard InChI is InChI=1S/C23H32N2O3/c1-27-23(26)20(16-18-6-2-3-7-18)21-17-25(22-9-5-4-8-19(21)22)11-10-24-12-14-28-15-13-24/h4-5,8-9,17-18,20H,2-3,6-7,10-16H2,1H3. The van der Waals surface area contributed by atoms with E-state index in [0.29, 0.717) is 5.92 Å². The Morgan fingerprint density at radius 3 is 2.68 bits per heavy atom. The van der Waals surface area contributed by atoms with E-state index in [0.717, 1.165) is 51.4 Å². The predicted molar refractivity (Wildman–Crippen MR) is 111 cm³/mol. The minimum Gasteiger partial charge on any atom is -0.469 e. The van der Waals surface area contributed by atoms with Crippen LogP contribution in [0.2, 0.25) is 0 Å². The fourth-order valence-electron chi connectivity index (χ4n) is 4.88. The van der Waals surface area contributed by atoms with Crippen molar-refractivity contribution in [2.75, 3.05) is 40.0 Å². The number of hydrogen-bond acceptors (Lipinski definition) is 4. The third-order valence-corrected chi connectivity index (χ3v) is 6.49. The van der Waals surface area contributed by atoms with Crippen LogP contribution in [-0.2, 0) is 20.8 Å². The lowest BCUT2D eigenvalue weighted by Crippen LogP contribution is -2.38. The average molecular weight is 385 g/mol. The van der Waals surface area contributed by atoms with Gasteiger partial charge in [-0.15, -0.1) is 0 Å². The molecule has 2 aromatic rings. The summed E-state index contributed by atoms with van der Waals surface area (Å²) in [5, 5.41) is 1.19. The third kappa shape index (κ3) is 4.26. The maximum atomic E-state index is 12.7. The van der Waals surface area contributed by atoms with Gasteiger partial charge >= 0.3 is 5.97 Å². The number of fused-ring (bicyclic) bond motifs is 1. The molecule has 5 heteroatoms.